The van der Waals surface area contributed by atoms with Crippen LogP contribution in [0.15, 0.2) is 17.1 Å². The maximum Gasteiger partial charge on any atom is 0.0668 e. The third kappa shape index (κ3) is 2.15. The molecule has 1 nitrogen and oxygen atoms in total. The quantitative estimate of drug-likeness (QED) is 0.367. The Morgan fingerprint density at radius 3 is 2.14 bits per heavy atom. The molecule has 40 valence electrons. The fourth-order valence-electron chi connectivity index (χ4n) is 0.156. The maximum absolute atomic E-state index is 3.74. The molecule has 7 heavy (non-hydrogen) atoms. The molecule has 0 aromatic carbocycles. The van der Waals surface area contributed by atoms with E-state index < -0.39 is 0 Å². The smallest absolute Gasteiger partial charge is 0.0668 e. The Kier molecular flexibility index (Phi) is 2.34. The van der Waals surface area contributed by atoms with E-state index in [1.165, 1.54) is 0 Å². The van der Waals surface area contributed by atoms with Crippen LogP contribution in [-0.2, 0) is 0 Å². The standard InChI is InChI=1S/C6H11N/c1-5(2)6(3)7-4/h6H,1,4H2,2-3H3. The largest absolute Gasteiger partial charge is 0.294 e. The van der Waals surface area contributed by atoms with Gasteiger partial charge < -0.3 is 0 Å². The van der Waals surface area contributed by atoms with Gasteiger partial charge in [0.25, 0.3) is 0 Å². The van der Waals surface area contributed by atoms with Crippen LogP contribution in [0.5, 0.6) is 0 Å². The van der Waals surface area contributed by atoms with Crippen LogP contribution in [0, 0.1) is 0 Å². The fourth-order valence-corrected chi connectivity index (χ4v) is 0.156. The van der Waals surface area contributed by atoms with Crippen LogP contribution in [0.1, 0.15) is 13.8 Å². The number of hydrogen-bond donors (Lipinski definition) is 0. The van der Waals surface area contributed by atoms with E-state index in [4.69, 9.17) is 0 Å². The zero-order valence-corrected chi connectivity index (χ0v) is 4.94. The zero-order chi connectivity index (χ0) is 5.86. The summed E-state index contributed by atoms with van der Waals surface area (Å²) >= 11 is 0. The summed E-state index contributed by atoms with van der Waals surface area (Å²) in [4.78, 5) is 3.74. The normalized spacial score (nSPS) is 12.9. The highest BCUT2D eigenvalue weighted by Crippen LogP contribution is 1.98. The Morgan fingerprint density at radius 1 is 1.71 bits per heavy atom. The lowest BCUT2D eigenvalue weighted by atomic mass is 10.2. The minimum atomic E-state index is 0.222. The van der Waals surface area contributed by atoms with Crippen LogP contribution >= 0.6 is 0 Å². The molecule has 0 aliphatic carbocycles. The second kappa shape index (κ2) is 2.56. The highest BCUT2D eigenvalue weighted by molar-refractivity contribution is 5.26. The monoisotopic (exact) mass is 97.1 g/mol. The van der Waals surface area contributed by atoms with E-state index in [0.717, 1.165) is 5.57 Å². The molecule has 0 amide bonds. The van der Waals surface area contributed by atoms with E-state index >= 15 is 0 Å². The van der Waals surface area contributed by atoms with Gasteiger partial charge in [-0.05, 0) is 20.6 Å². The van der Waals surface area contributed by atoms with Gasteiger partial charge in [-0.25, -0.2) is 0 Å². The molecule has 0 spiro atoms. The zero-order valence-electron chi connectivity index (χ0n) is 4.94. The first kappa shape index (κ1) is 6.41. The van der Waals surface area contributed by atoms with Crippen LogP contribution in [0.4, 0.5) is 0 Å². The molecule has 1 heteroatoms. The number of rotatable bonds is 2. The number of aliphatic imine (C=N–C) groups is 1. The van der Waals surface area contributed by atoms with Gasteiger partial charge in [-0.15, -0.1) is 0 Å². The van der Waals surface area contributed by atoms with Crippen molar-refractivity contribution in [2.45, 2.75) is 19.9 Å². The van der Waals surface area contributed by atoms with Gasteiger partial charge in [-0.2, -0.15) is 0 Å². The molecule has 0 aliphatic rings. The highest BCUT2D eigenvalue weighted by Gasteiger charge is 1.92. The van der Waals surface area contributed by atoms with Gasteiger partial charge in [0.2, 0.25) is 0 Å². The first-order valence-electron chi connectivity index (χ1n) is 2.29. The molecular weight excluding hydrogens is 86.1 g/mol. The summed E-state index contributed by atoms with van der Waals surface area (Å²) in [6, 6.07) is 0.222. The minimum absolute atomic E-state index is 0.222. The average molecular weight is 97.2 g/mol. The molecule has 0 saturated heterocycles. The van der Waals surface area contributed by atoms with Gasteiger partial charge >= 0.3 is 0 Å². The van der Waals surface area contributed by atoms with Crippen LogP contribution in [0.25, 0.3) is 0 Å². The first-order chi connectivity index (χ1) is 3.18. The van der Waals surface area contributed by atoms with Gasteiger partial charge in [-0.3, -0.25) is 4.99 Å². The van der Waals surface area contributed by atoms with E-state index in [1.807, 2.05) is 13.8 Å². The lowest BCUT2D eigenvalue weighted by Gasteiger charge is -1.99. The summed E-state index contributed by atoms with van der Waals surface area (Å²) in [6.45, 7) is 11.0. The molecule has 1 atom stereocenters. The van der Waals surface area contributed by atoms with Crippen LogP contribution in [0.3, 0.4) is 0 Å². The summed E-state index contributed by atoms with van der Waals surface area (Å²) in [5, 5.41) is 0. The Bertz CT molecular complexity index is 84.2. The van der Waals surface area contributed by atoms with Crippen molar-refractivity contribution in [3.63, 3.8) is 0 Å². The second-order valence-electron chi connectivity index (χ2n) is 1.70. The van der Waals surface area contributed by atoms with Crippen LogP contribution < -0.4 is 0 Å². The Labute approximate surface area is 44.8 Å². The third-order valence-corrected chi connectivity index (χ3v) is 0.987. The van der Waals surface area contributed by atoms with Gasteiger partial charge in [-0.1, -0.05) is 12.2 Å². The van der Waals surface area contributed by atoms with E-state index in [0.29, 0.717) is 0 Å². The number of nitrogens with zero attached hydrogens (tertiary/aromatic N) is 1. The predicted octanol–water partition coefficient (Wildman–Crippen LogP) is 1.65. The van der Waals surface area contributed by atoms with Crippen molar-refractivity contribution in [2.75, 3.05) is 0 Å². The van der Waals surface area contributed by atoms with Crippen molar-refractivity contribution >= 4 is 6.72 Å². The van der Waals surface area contributed by atoms with Crippen molar-refractivity contribution in [3.8, 4) is 0 Å². The van der Waals surface area contributed by atoms with Gasteiger partial charge in [0.05, 0.1) is 6.04 Å². The molecule has 0 aliphatic heterocycles. The van der Waals surface area contributed by atoms with E-state index in [9.17, 15) is 0 Å². The Hall–Kier alpha value is -0.590. The SMILES string of the molecule is C=NC(C)C(=C)C. The van der Waals surface area contributed by atoms with Crippen LogP contribution in [0.2, 0.25) is 0 Å². The molecule has 0 heterocycles. The van der Waals surface area contributed by atoms with Crippen molar-refractivity contribution in [1.29, 1.82) is 0 Å². The molecule has 0 aromatic heterocycles. The maximum atomic E-state index is 3.74. The van der Waals surface area contributed by atoms with Gasteiger partial charge in [0.15, 0.2) is 0 Å². The van der Waals surface area contributed by atoms with E-state index in [2.05, 4.69) is 18.3 Å². The summed E-state index contributed by atoms with van der Waals surface area (Å²) in [5.74, 6) is 0. The lowest BCUT2D eigenvalue weighted by molar-refractivity contribution is 0.875. The molecule has 0 rings (SSSR count). The average Bonchev–Trinajstić information content (AvgIpc) is 1.65. The second-order valence-corrected chi connectivity index (χ2v) is 1.70. The van der Waals surface area contributed by atoms with E-state index in [1.54, 1.807) is 0 Å². The van der Waals surface area contributed by atoms with E-state index in [-0.39, 0.29) is 6.04 Å². The lowest BCUT2D eigenvalue weighted by Crippen LogP contribution is -1.95. The minimum Gasteiger partial charge on any atom is -0.294 e. The molecule has 0 aromatic rings. The number of hydrogen-bond acceptors (Lipinski definition) is 1. The van der Waals surface area contributed by atoms with Crippen molar-refractivity contribution in [3.05, 3.63) is 12.2 Å². The fraction of sp³-hybridized carbons (Fsp3) is 0.500. The molecule has 0 radical (unpaired) electrons. The van der Waals surface area contributed by atoms with Crippen molar-refractivity contribution in [1.82, 2.24) is 0 Å². The predicted molar refractivity (Wildman–Crippen MR) is 33.8 cm³/mol. The molecule has 0 N–H and O–H groups in total. The molecular formula is C6H11N. The molecule has 1 unspecified atom stereocenters. The Balaban J connectivity index is 3.55. The van der Waals surface area contributed by atoms with Crippen LogP contribution in [-0.4, -0.2) is 12.8 Å². The highest BCUT2D eigenvalue weighted by atomic mass is 14.7. The van der Waals surface area contributed by atoms with Crippen molar-refractivity contribution < 1.29 is 0 Å². The van der Waals surface area contributed by atoms with Crippen molar-refractivity contribution in [2.24, 2.45) is 4.99 Å². The summed E-state index contributed by atoms with van der Waals surface area (Å²) < 4.78 is 0. The summed E-state index contributed by atoms with van der Waals surface area (Å²) in [7, 11) is 0. The topological polar surface area (TPSA) is 12.4 Å². The third-order valence-electron chi connectivity index (χ3n) is 0.987. The molecule has 0 saturated carbocycles. The molecule has 0 bridgehead atoms. The summed E-state index contributed by atoms with van der Waals surface area (Å²) in [5.41, 5.74) is 1.06. The first-order valence-corrected chi connectivity index (χ1v) is 2.29. The molecule has 0 fully saturated rings. The van der Waals surface area contributed by atoms with Gasteiger partial charge in [0.1, 0.15) is 0 Å². The summed E-state index contributed by atoms with van der Waals surface area (Å²) in [6.07, 6.45) is 0. The Morgan fingerprint density at radius 2 is 2.14 bits per heavy atom. The van der Waals surface area contributed by atoms with Gasteiger partial charge in [0, 0.05) is 0 Å².